The maximum Gasteiger partial charge on any atom is 0.194 e. The van der Waals surface area contributed by atoms with Crippen molar-refractivity contribution in [3.05, 3.63) is 45.9 Å². The minimum Gasteiger partial charge on any atom is -0.344 e. The molecule has 0 spiro atoms. The molecule has 3 heterocycles. The normalized spacial score (nSPS) is 15.1. The first-order valence-electron chi connectivity index (χ1n) is 8.13. The lowest BCUT2D eigenvalue weighted by Gasteiger charge is -2.24. The Labute approximate surface area is 144 Å². The highest BCUT2D eigenvalue weighted by Crippen LogP contribution is 2.31. The van der Waals surface area contributed by atoms with Crippen LogP contribution in [0, 0.1) is 10.6 Å². The molecule has 0 fully saturated rings. The molecule has 24 heavy (non-hydrogen) atoms. The van der Waals surface area contributed by atoms with Gasteiger partial charge in [0.25, 0.3) is 0 Å². The number of hydrogen-bond acceptors (Lipinski definition) is 3. The number of H-pyrrole nitrogens is 1. The van der Waals surface area contributed by atoms with Crippen LogP contribution >= 0.6 is 12.2 Å². The highest BCUT2D eigenvalue weighted by molar-refractivity contribution is 7.71. The lowest BCUT2D eigenvalue weighted by molar-refractivity contribution is 0.309. The molecule has 7 heteroatoms. The van der Waals surface area contributed by atoms with Gasteiger partial charge in [0.1, 0.15) is 11.6 Å². The van der Waals surface area contributed by atoms with E-state index in [1.54, 1.807) is 12.1 Å². The van der Waals surface area contributed by atoms with Crippen LogP contribution in [0.1, 0.15) is 17.1 Å². The van der Waals surface area contributed by atoms with Crippen LogP contribution in [0.25, 0.3) is 10.9 Å². The third kappa shape index (κ3) is 2.48. The number of likely N-dealkylation sites (N-methyl/N-ethyl adjacent to an activating group) is 1. The Balaban J connectivity index is 1.77. The van der Waals surface area contributed by atoms with E-state index in [2.05, 4.69) is 26.7 Å². The topological polar surface area (TPSA) is 41.8 Å². The lowest BCUT2D eigenvalue weighted by Crippen LogP contribution is -2.27. The Hall–Kier alpha value is -1.99. The van der Waals surface area contributed by atoms with E-state index in [1.807, 2.05) is 17.7 Å². The van der Waals surface area contributed by atoms with Crippen LogP contribution in [0.4, 0.5) is 4.39 Å². The predicted octanol–water partition coefficient (Wildman–Crippen LogP) is 2.80. The number of nitrogens with zero attached hydrogens (tertiary/aromatic N) is 4. The molecule has 3 aromatic rings. The van der Waals surface area contributed by atoms with Crippen molar-refractivity contribution >= 4 is 23.1 Å². The summed E-state index contributed by atoms with van der Waals surface area (Å²) >= 11 is 5.18. The van der Waals surface area contributed by atoms with Crippen molar-refractivity contribution in [2.45, 2.75) is 25.9 Å². The zero-order chi connectivity index (χ0) is 16.8. The standard InChI is InChI=1S/C17H20FN5S/c1-21-7-5-15-13(10-21)12-9-11(18)3-4-14(12)23(15)8-6-16-19-20-17(24)22(16)2/h3-4,9H,5-8,10H2,1-2H3,(H,20,24). The molecule has 0 aliphatic carbocycles. The highest BCUT2D eigenvalue weighted by atomic mass is 32.1. The Bertz CT molecular complexity index is 967. The van der Waals surface area contributed by atoms with Crippen molar-refractivity contribution in [1.29, 1.82) is 0 Å². The summed E-state index contributed by atoms with van der Waals surface area (Å²) in [4.78, 5) is 2.29. The summed E-state index contributed by atoms with van der Waals surface area (Å²) in [6, 6.07) is 5.11. The molecule has 4 rings (SSSR count). The van der Waals surface area contributed by atoms with E-state index in [9.17, 15) is 4.39 Å². The highest BCUT2D eigenvalue weighted by Gasteiger charge is 2.22. The molecule has 1 N–H and O–H groups in total. The average Bonchev–Trinajstić information content (AvgIpc) is 3.04. The first-order valence-corrected chi connectivity index (χ1v) is 8.53. The number of benzene rings is 1. The van der Waals surface area contributed by atoms with Gasteiger partial charge in [-0.1, -0.05) is 0 Å². The summed E-state index contributed by atoms with van der Waals surface area (Å²) in [5.41, 5.74) is 3.69. The number of fused-ring (bicyclic) bond motifs is 3. The molecule has 0 saturated heterocycles. The fraction of sp³-hybridized carbons (Fsp3) is 0.412. The molecule has 1 aliphatic rings. The van der Waals surface area contributed by atoms with Crippen molar-refractivity contribution in [2.75, 3.05) is 13.6 Å². The second-order valence-corrected chi connectivity index (χ2v) is 6.87. The molecule has 2 aromatic heterocycles. The minimum absolute atomic E-state index is 0.176. The van der Waals surface area contributed by atoms with Crippen molar-refractivity contribution < 1.29 is 4.39 Å². The van der Waals surface area contributed by atoms with Gasteiger partial charge in [0.05, 0.1) is 0 Å². The van der Waals surface area contributed by atoms with Crippen molar-refractivity contribution in [3.8, 4) is 0 Å². The molecule has 0 saturated carbocycles. The molecular weight excluding hydrogens is 325 g/mol. The Morgan fingerprint density at radius 3 is 2.92 bits per heavy atom. The number of aromatic nitrogens is 4. The fourth-order valence-electron chi connectivity index (χ4n) is 3.63. The number of nitrogens with one attached hydrogen (secondary N) is 1. The van der Waals surface area contributed by atoms with Gasteiger partial charge in [0.2, 0.25) is 0 Å². The minimum atomic E-state index is -0.176. The Kier molecular flexibility index (Phi) is 3.77. The molecule has 0 amide bonds. The predicted molar refractivity (Wildman–Crippen MR) is 94.0 cm³/mol. The molecule has 1 aliphatic heterocycles. The Morgan fingerprint density at radius 2 is 2.17 bits per heavy atom. The van der Waals surface area contributed by atoms with Gasteiger partial charge in [-0.15, -0.1) is 0 Å². The van der Waals surface area contributed by atoms with E-state index in [-0.39, 0.29) is 5.82 Å². The second-order valence-electron chi connectivity index (χ2n) is 6.48. The first kappa shape index (κ1) is 15.5. The van der Waals surface area contributed by atoms with Crippen LogP contribution in [-0.2, 0) is 33.0 Å². The molecular formula is C17H20FN5S. The van der Waals surface area contributed by atoms with Gasteiger partial charge in [0, 0.05) is 56.1 Å². The summed E-state index contributed by atoms with van der Waals surface area (Å²) in [6.07, 6.45) is 1.77. The average molecular weight is 345 g/mol. The second kappa shape index (κ2) is 5.82. The van der Waals surface area contributed by atoms with E-state index in [0.717, 1.165) is 49.2 Å². The maximum absolute atomic E-state index is 13.8. The lowest BCUT2D eigenvalue weighted by atomic mass is 10.0. The van der Waals surface area contributed by atoms with Crippen LogP contribution < -0.4 is 0 Å². The van der Waals surface area contributed by atoms with Crippen LogP contribution in [0.2, 0.25) is 0 Å². The van der Waals surface area contributed by atoms with Crippen molar-refractivity contribution in [1.82, 2.24) is 24.2 Å². The summed E-state index contributed by atoms with van der Waals surface area (Å²) in [5, 5.41) is 8.16. The van der Waals surface area contributed by atoms with E-state index >= 15 is 0 Å². The Morgan fingerprint density at radius 1 is 1.33 bits per heavy atom. The number of hydrogen-bond donors (Lipinski definition) is 1. The van der Waals surface area contributed by atoms with E-state index in [0.29, 0.717) is 4.77 Å². The molecule has 5 nitrogen and oxygen atoms in total. The van der Waals surface area contributed by atoms with Crippen LogP contribution in [-0.4, -0.2) is 37.8 Å². The molecule has 0 atom stereocenters. The number of rotatable bonds is 3. The van der Waals surface area contributed by atoms with Crippen LogP contribution in [0.5, 0.6) is 0 Å². The van der Waals surface area contributed by atoms with Crippen molar-refractivity contribution in [3.63, 3.8) is 0 Å². The van der Waals surface area contributed by atoms with E-state index in [4.69, 9.17) is 12.2 Å². The van der Waals surface area contributed by atoms with Crippen LogP contribution in [0.3, 0.4) is 0 Å². The quantitative estimate of drug-likeness (QED) is 0.742. The number of aryl methyl sites for hydroxylation is 2. The number of aromatic amines is 1. The maximum atomic E-state index is 13.8. The van der Waals surface area contributed by atoms with Gasteiger partial charge < -0.3 is 14.0 Å². The monoisotopic (exact) mass is 345 g/mol. The third-order valence-corrected chi connectivity index (χ3v) is 5.30. The third-order valence-electron chi connectivity index (χ3n) is 4.94. The molecule has 0 radical (unpaired) electrons. The largest absolute Gasteiger partial charge is 0.344 e. The molecule has 126 valence electrons. The molecule has 1 aromatic carbocycles. The van der Waals surface area contributed by atoms with E-state index in [1.165, 1.54) is 11.3 Å². The summed E-state index contributed by atoms with van der Waals surface area (Å²) in [6.45, 7) is 2.71. The molecule has 0 bridgehead atoms. The SMILES string of the molecule is CN1CCc2c(c3cc(F)ccc3n2CCc2n[nH]c(=S)n2C)C1. The zero-order valence-electron chi connectivity index (χ0n) is 13.8. The zero-order valence-corrected chi connectivity index (χ0v) is 14.7. The summed E-state index contributed by atoms with van der Waals surface area (Å²) in [5.74, 6) is 0.760. The van der Waals surface area contributed by atoms with Gasteiger partial charge in [0.15, 0.2) is 4.77 Å². The molecule has 0 unspecified atom stereocenters. The fourth-order valence-corrected chi connectivity index (χ4v) is 3.78. The van der Waals surface area contributed by atoms with E-state index < -0.39 is 0 Å². The van der Waals surface area contributed by atoms with Crippen molar-refractivity contribution in [2.24, 2.45) is 7.05 Å². The summed E-state index contributed by atoms with van der Waals surface area (Å²) in [7, 11) is 4.04. The van der Waals surface area contributed by atoms with Gasteiger partial charge in [-0.3, -0.25) is 5.10 Å². The van der Waals surface area contributed by atoms with Gasteiger partial charge in [-0.05, 0) is 43.0 Å². The summed E-state index contributed by atoms with van der Waals surface area (Å²) < 4.78 is 18.6. The first-order chi connectivity index (χ1) is 11.5. The van der Waals surface area contributed by atoms with Gasteiger partial charge in [-0.25, -0.2) is 4.39 Å². The van der Waals surface area contributed by atoms with Crippen LogP contribution in [0.15, 0.2) is 18.2 Å². The van der Waals surface area contributed by atoms with Gasteiger partial charge >= 0.3 is 0 Å². The van der Waals surface area contributed by atoms with Gasteiger partial charge in [-0.2, -0.15) is 5.10 Å². The smallest absolute Gasteiger partial charge is 0.194 e. The number of halogens is 1.